The average Bonchev–Trinajstić information content (AvgIpc) is 3.28. The van der Waals surface area contributed by atoms with E-state index in [1.54, 1.807) is 25.6 Å². The molecule has 3 aromatic heterocycles. The van der Waals surface area contributed by atoms with Crippen LogP contribution in [0.3, 0.4) is 0 Å². The number of aromatic nitrogens is 4. The Labute approximate surface area is 180 Å². The number of benzene rings is 1. The second-order valence-electron chi connectivity index (χ2n) is 7.73. The summed E-state index contributed by atoms with van der Waals surface area (Å²) < 4.78 is 7.18. The average molecular weight is 413 g/mol. The Kier molecular flexibility index (Phi) is 5.08. The molecule has 0 N–H and O–H groups in total. The number of piperidine rings is 1. The summed E-state index contributed by atoms with van der Waals surface area (Å²) in [7, 11) is 1.67. The number of carbonyl (C=O) groups is 1. The third-order valence-corrected chi connectivity index (χ3v) is 5.81. The van der Waals surface area contributed by atoms with Gasteiger partial charge in [0.2, 0.25) is 0 Å². The Morgan fingerprint density at radius 1 is 1.06 bits per heavy atom. The van der Waals surface area contributed by atoms with E-state index >= 15 is 0 Å². The van der Waals surface area contributed by atoms with Crippen LogP contribution in [0.1, 0.15) is 34.9 Å². The van der Waals surface area contributed by atoms with Crippen LogP contribution in [0, 0.1) is 0 Å². The standard InChI is InChI=1S/C24H23N5O2/c1-31-21-6-2-4-18(14-21)20-7-8-22-26-23(27-29(22)16-20)17-9-12-28(13-10-17)24(30)19-5-3-11-25-15-19/h2-8,11,14-17H,9-10,12-13H2,1H3. The van der Waals surface area contributed by atoms with Gasteiger partial charge in [-0.25, -0.2) is 9.50 Å². The third-order valence-electron chi connectivity index (χ3n) is 5.81. The Hall–Kier alpha value is -3.74. The maximum atomic E-state index is 12.6. The topological polar surface area (TPSA) is 72.6 Å². The minimum absolute atomic E-state index is 0.0393. The highest BCUT2D eigenvalue weighted by Crippen LogP contribution is 2.28. The van der Waals surface area contributed by atoms with Gasteiger partial charge in [0.25, 0.3) is 5.91 Å². The monoisotopic (exact) mass is 413 g/mol. The molecule has 0 atom stereocenters. The van der Waals surface area contributed by atoms with Crippen LogP contribution in [0.4, 0.5) is 0 Å². The maximum Gasteiger partial charge on any atom is 0.255 e. The van der Waals surface area contributed by atoms with Gasteiger partial charge in [0, 0.05) is 43.2 Å². The zero-order chi connectivity index (χ0) is 21.2. The van der Waals surface area contributed by atoms with Crippen molar-refractivity contribution in [1.82, 2.24) is 24.5 Å². The number of hydrogen-bond acceptors (Lipinski definition) is 5. The summed E-state index contributed by atoms with van der Waals surface area (Å²) in [6, 6.07) is 15.6. The van der Waals surface area contributed by atoms with E-state index in [1.165, 1.54) is 0 Å². The molecule has 31 heavy (non-hydrogen) atoms. The molecule has 1 amide bonds. The van der Waals surface area contributed by atoms with Gasteiger partial charge in [-0.15, -0.1) is 0 Å². The van der Waals surface area contributed by atoms with E-state index in [0.29, 0.717) is 18.7 Å². The van der Waals surface area contributed by atoms with Crippen molar-refractivity contribution >= 4 is 11.6 Å². The molecule has 1 aromatic carbocycles. The normalized spacial score (nSPS) is 14.7. The van der Waals surface area contributed by atoms with Gasteiger partial charge in [0.15, 0.2) is 11.5 Å². The molecular weight excluding hydrogens is 390 g/mol. The van der Waals surface area contributed by atoms with Crippen LogP contribution >= 0.6 is 0 Å². The molecule has 1 saturated heterocycles. The summed E-state index contributed by atoms with van der Waals surface area (Å²) in [6.07, 6.45) is 7.01. The van der Waals surface area contributed by atoms with Crippen molar-refractivity contribution in [3.05, 3.63) is 78.5 Å². The predicted molar refractivity (Wildman–Crippen MR) is 117 cm³/mol. The second-order valence-corrected chi connectivity index (χ2v) is 7.73. The van der Waals surface area contributed by atoms with Crippen molar-refractivity contribution in [2.75, 3.05) is 20.2 Å². The van der Waals surface area contributed by atoms with Gasteiger partial charge in [0.1, 0.15) is 5.75 Å². The Bertz CT molecular complexity index is 1210. The van der Waals surface area contributed by atoms with Crippen LogP contribution in [0.5, 0.6) is 5.75 Å². The molecule has 0 aliphatic carbocycles. The van der Waals surface area contributed by atoms with Crippen LogP contribution in [-0.4, -0.2) is 50.6 Å². The molecule has 0 unspecified atom stereocenters. The molecule has 1 aliphatic rings. The largest absolute Gasteiger partial charge is 0.497 e. The van der Waals surface area contributed by atoms with E-state index in [1.807, 2.05) is 45.9 Å². The van der Waals surface area contributed by atoms with Crippen molar-refractivity contribution in [3.8, 4) is 16.9 Å². The fourth-order valence-electron chi connectivity index (χ4n) is 4.06. The highest BCUT2D eigenvalue weighted by atomic mass is 16.5. The molecule has 5 rings (SSSR count). The van der Waals surface area contributed by atoms with Crippen LogP contribution in [-0.2, 0) is 0 Å². The van der Waals surface area contributed by atoms with E-state index in [-0.39, 0.29) is 11.8 Å². The van der Waals surface area contributed by atoms with Crippen LogP contribution in [0.25, 0.3) is 16.8 Å². The molecular formula is C24H23N5O2. The number of nitrogens with zero attached hydrogens (tertiary/aromatic N) is 5. The van der Waals surface area contributed by atoms with Crippen molar-refractivity contribution < 1.29 is 9.53 Å². The summed E-state index contributed by atoms with van der Waals surface area (Å²) in [5.74, 6) is 1.95. The summed E-state index contributed by atoms with van der Waals surface area (Å²) in [5.41, 5.74) is 3.59. The first kappa shape index (κ1) is 19.2. The lowest BCUT2D eigenvalue weighted by atomic mass is 9.96. The quantitative estimate of drug-likeness (QED) is 0.509. The van der Waals surface area contributed by atoms with E-state index in [9.17, 15) is 4.79 Å². The summed E-state index contributed by atoms with van der Waals surface area (Å²) >= 11 is 0. The fourth-order valence-corrected chi connectivity index (χ4v) is 4.06. The van der Waals surface area contributed by atoms with Crippen LogP contribution in [0.15, 0.2) is 67.1 Å². The van der Waals surface area contributed by atoms with Crippen molar-refractivity contribution in [1.29, 1.82) is 0 Å². The first-order valence-corrected chi connectivity index (χ1v) is 10.4. The zero-order valence-electron chi connectivity index (χ0n) is 17.3. The number of methoxy groups -OCH3 is 1. The highest BCUT2D eigenvalue weighted by Gasteiger charge is 2.27. The molecule has 156 valence electrons. The molecule has 4 heterocycles. The van der Waals surface area contributed by atoms with Crippen LogP contribution in [0.2, 0.25) is 0 Å². The maximum absolute atomic E-state index is 12.6. The molecule has 0 bridgehead atoms. The van der Waals surface area contributed by atoms with Gasteiger partial charge >= 0.3 is 0 Å². The molecule has 0 spiro atoms. The number of amides is 1. The molecule has 1 aliphatic heterocycles. The first-order chi connectivity index (χ1) is 15.2. The lowest BCUT2D eigenvalue weighted by Gasteiger charge is -2.30. The van der Waals surface area contributed by atoms with Gasteiger partial charge in [-0.3, -0.25) is 9.78 Å². The number of pyridine rings is 2. The number of carbonyl (C=O) groups excluding carboxylic acids is 1. The van der Waals surface area contributed by atoms with E-state index in [4.69, 9.17) is 14.8 Å². The molecule has 4 aromatic rings. The Morgan fingerprint density at radius 2 is 1.94 bits per heavy atom. The SMILES string of the molecule is COc1cccc(-c2ccc3nc(C4CCN(C(=O)c5cccnc5)CC4)nn3c2)c1. The van der Waals surface area contributed by atoms with E-state index in [2.05, 4.69) is 17.1 Å². The van der Waals surface area contributed by atoms with Gasteiger partial charge in [0.05, 0.1) is 12.7 Å². The van der Waals surface area contributed by atoms with Gasteiger partial charge in [-0.05, 0) is 54.8 Å². The minimum Gasteiger partial charge on any atom is -0.497 e. The minimum atomic E-state index is 0.0393. The number of hydrogen-bond donors (Lipinski definition) is 0. The lowest BCUT2D eigenvalue weighted by Crippen LogP contribution is -2.38. The molecule has 1 fully saturated rings. The van der Waals surface area contributed by atoms with Crippen molar-refractivity contribution in [2.24, 2.45) is 0 Å². The second kappa shape index (κ2) is 8.18. The highest BCUT2D eigenvalue weighted by molar-refractivity contribution is 5.93. The summed E-state index contributed by atoms with van der Waals surface area (Å²) in [5, 5.41) is 4.75. The van der Waals surface area contributed by atoms with E-state index < -0.39 is 0 Å². The number of rotatable bonds is 4. The van der Waals surface area contributed by atoms with Crippen molar-refractivity contribution in [3.63, 3.8) is 0 Å². The smallest absolute Gasteiger partial charge is 0.255 e. The zero-order valence-corrected chi connectivity index (χ0v) is 17.3. The predicted octanol–water partition coefficient (Wildman–Crippen LogP) is 3.82. The molecule has 7 heteroatoms. The number of fused-ring (bicyclic) bond motifs is 1. The first-order valence-electron chi connectivity index (χ1n) is 10.4. The van der Waals surface area contributed by atoms with Crippen molar-refractivity contribution in [2.45, 2.75) is 18.8 Å². The summed E-state index contributed by atoms with van der Waals surface area (Å²) in [6.45, 7) is 1.39. The third kappa shape index (κ3) is 3.86. The van der Waals surface area contributed by atoms with Gasteiger partial charge < -0.3 is 9.64 Å². The fraction of sp³-hybridized carbons (Fsp3) is 0.250. The van der Waals surface area contributed by atoms with Gasteiger partial charge in [-0.1, -0.05) is 12.1 Å². The Morgan fingerprint density at radius 3 is 2.71 bits per heavy atom. The summed E-state index contributed by atoms with van der Waals surface area (Å²) in [4.78, 5) is 23.3. The van der Waals surface area contributed by atoms with Crippen LogP contribution < -0.4 is 4.74 Å². The lowest BCUT2D eigenvalue weighted by molar-refractivity contribution is 0.0710. The molecule has 7 nitrogen and oxygen atoms in total. The number of likely N-dealkylation sites (tertiary alicyclic amines) is 1. The van der Waals surface area contributed by atoms with Gasteiger partial charge in [-0.2, -0.15) is 5.10 Å². The number of ether oxygens (including phenoxy) is 1. The van der Waals surface area contributed by atoms with E-state index in [0.717, 1.165) is 41.2 Å². The molecule has 0 saturated carbocycles. The Balaban J connectivity index is 1.31. The molecule has 0 radical (unpaired) electrons.